The molecule has 164 valence electrons. The molecule has 0 radical (unpaired) electrons. The van der Waals surface area contributed by atoms with Crippen LogP contribution in [-0.4, -0.2) is 38.0 Å². The van der Waals surface area contributed by atoms with Gasteiger partial charge in [0, 0.05) is 37.5 Å². The minimum absolute atomic E-state index is 0.519. The number of hydrogen-bond acceptors (Lipinski definition) is 5. The van der Waals surface area contributed by atoms with E-state index in [1.54, 1.807) is 19.5 Å². The van der Waals surface area contributed by atoms with E-state index in [0.29, 0.717) is 30.4 Å². The number of methoxy groups -OCH3 is 1. The first-order chi connectivity index (χ1) is 15.5. The number of ether oxygens (including phenoxy) is 1. The fraction of sp³-hybridized carbons (Fsp3) is 0.261. The number of fused-ring (bicyclic) bond motifs is 1. The number of imidazole rings is 1. The molecule has 0 saturated heterocycles. The van der Waals surface area contributed by atoms with Crippen LogP contribution in [0.1, 0.15) is 23.5 Å². The average molecular weight is 436 g/mol. The number of aromatic nitrogens is 5. The molecule has 0 spiro atoms. The predicted molar refractivity (Wildman–Crippen MR) is 116 cm³/mol. The van der Waals surface area contributed by atoms with E-state index in [4.69, 9.17) is 9.72 Å². The van der Waals surface area contributed by atoms with Crippen molar-refractivity contribution < 1.29 is 13.5 Å². The van der Waals surface area contributed by atoms with Gasteiger partial charge in [-0.15, -0.1) is 0 Å². The Labute approximate surface area is 183 Å². The number of halogens is 2. The van der Waals surface area contributed by atoms with Crippen LogP contribution in [0.4, 0.5) is 20.4 Å². The van der Waals surface area contributed by atoms with E-state index in [2.05, 4.69) is 10.1 Å². The summed E-state index contributed by atoms with van der Waals surface area (Å²) in [4.78, 5) is 10.8. The van der Waals surface area contributed by atoms with E-state index >= 15 is 0 Å². The zero-order chi connectivity index (χ0) is 22.2. The van der Waals surface area contributed by atoms with Crippen LogP contribution in [0, 0.1) is 18.6 Å². The lowest BCUT2D eigenvalue weighted by atomic mass is 10.1. The molecule has 2 aromatic heterocycles. The maximum atomic E-state index is 13.8. The molecule has 7 nitrogen and oxygen atoms in total. The molecule has 1 aliphatic heterocycles. The lowest BCUT2D eigenvalue weighted by Crippen LogP contribution is -2.28. The largest absolute Gasteiger partial charge is 0.495 e. The molecule has 0 bridgehead atoms. The quantitative estimate of drug-likeness (QED) is 0.470. The van der Waals surface area contributed by atoms with Crippen LogP contribution in [0.5, 0.6) is 5.75 Å². The highest BCUT2D eigenvalue weighted by atomic mass is 19.2. The number of nitrogens with zero attached hydrogens (tertiary/aromatic N) is 6. The third kappa shape index (κ3) is 3.70. The Hall–Kier alpha value is -3.75. The third-order valence-electron chi connectivity index (χ3n) is 5.50. The molecule has 3 heterocycles. The van der Waals surface area contributed by atoms with Gasteiger partial charge in [0.15, 0.2) is 17.5 Å². The molecular formula is C23H22F2N6O. The van der Waals surface area contributed by atoms with Gasteiger partial charge in [-0.1, -0.05) is 6.07 Å². The van der Waals surface area contributed by atoms with Crippen LogP contribution in [0.2, 0.25) is 0 Å². The second-order valence-electron chi connectivity index (χ2n) is 7.76. The highest BCUT2D eigenvalue weighted by Crippen LogP contribution is 2.30. The van der Waals surface area contributed by atoms with Crippen molar-refractivity contribution in [3.63, 3.8) is 0 Å². The highest BCUT2D eigenvalue weighted by molar-refractivity contribution is 5.58. The van der Waals surface area contributed by atoms with Crippen LogP contribution in [0.15, 0.2) is 48.9 Å². The van der Waals surface area contributed by atoms with Crippen LogP contribution in [0.3, 0.4) is 0 Å². The van der Waals surface area contributed by atoms with Crippen LogP contribution >= 0.6 is 0 Å². The number of aryl methyl sites for hydroxylation is 2. The van der Waals surface area contributed by atoms with Gasteiger partial charge in [-0.05, 0) is 43.2 Å². The van der Waals surface area contributed by atoms with Gasteiger partial charge in [0.2, 0.25) is 5.95 Å². The molecule has 0 saturated carbocycles. The molecule has 0 unspecified atom stereocenters. The number of anilines is 2. The van der Waals surface area contributed by atoms with E-state index in [1.165, 1.54) is 6.07 Å². The van der Waals surface area contributed by atoms with Crippen molar-refractivity contribution in [2.24, 2.45) is 0 Å². The maximum Gasteiger partial charge on any atom is 0.228 e. The Morgan fingerprint density at radius 3 is 2.69 bits per heavy atom. The molecular weight excluding hydrogens is 414 g/mol. The molecule has 9 heteroatoms. The minimum Gasteiger partial charge on any atom is -0.495 e. The van der Waals surface area contributed by atoms with Gasteiger partial charge >= 0.3 is 0 Å². The van der Waals surface area contributed by atoms with E-state index in [-0.39, 0.29) is 0 Å². The first-order valence-electron chi connectivity index (χ1n) is 10.4. The van der Waals surface area contributed by atoms with E-state index in [0.717, 1.165) is 41.7 Å². The number of benzene rings is 2. The van der Waals surface area contributed by atoms with Gasteiger partial charge in [-0.2, -0.15) is 10.1 Å². The fourth-order valence-corrected chi connectivity index (χ4v) is 3.96. The summed E-state index contributed by atoms with van der Waals surface area (Å²) in [5, 5.41) is 4.64. The van der Waals surface area contributed by atoms with Crippen molar-refractivity contribution in [1.82, 2.24) is 24.3 Å². The second-order valence-corrected chi connectivity index (χ2v) is 7.76. The fourth-order valence-electron chi connectivity index (χ4n) is 3.96. The number of rotatable bonds is 5. The first-order valence-corrected chi connectivity index (χ1v) is 10.4. The Kier molecular flexibility index (Phi) is 5.08. The Morgan fingerprint density at radius 1 is 1.06 bits per heavy atom. The lowest BCUT2D eigenvalue weighted by molar-refractivity contribution is 0.412. The predicted octanol–water partition coefficient (Wildman–Crippen LogP) is 4.19. The molecule has 2 aromatic carbocycles. The van der Waals surface area contributed by atoms with Crippen molar-refractivity contribution in [3.05, 3.63) is 77.6 Å². The Bertz CT molecular complexity index is 1280. The molecule has 4 aromatic rings. The zero-order valence-electron chi connectivity index (χ0n) is 17.8. The van der Waals surface area contributed by atoms with E-state index in [1.807, 2.05) is 45.5 Å². The molecule has 0 aliphatic carbocycles. The molecule has 1 aliphatic rings. The SMILES string of the molecule is COc1cc(Cc2nc3n(n2)CCCN3c2ccc(F)c(F)c2)ccc1-n1cnc(C)c1. The monoisotopic (exact) mass is 436 g/mol. The summed E-state index contributed by atoms with van der Waals surface area (Å²) in [5.41, 5.74) is 3.39. The van der Waals surface area contributed by atoms with Gasteiger partial charge in [-0.25, -0.2) is 18.4 Å². The average Bonchev–Trinajstić information content (AvgIpc) is 3.41. The van der Waals surface area contributed by atoms with Crippen LogP contribution in [0.25, 0.3) is 5.69 Å². The van der Waals surface area contributed by atoms with Crippen molar-refractivity contribution >= 4 is 11.6 Å². The molecule has 0 N–H and O–H groups in total. The topological polar surface area (TPSA) is 61.0 Å². The normalized spacial score (nSPS) is 13.3. The Balaban J connectivity index is 1.42. The second kappa shape index (κ2) is 8.07. The van der Waals surface area contributed by atoms with E-state index < -0.39 is 11.6 Å². The smallest absolute Gasteiger partial charge is 0.228 e. The molecule has 0 amide bonds. The summed E-state index contributed by atoms with van der Waals surface area (Å²) in [7, 11) is 1.64. The highest BCUT2D eigenvalue weighted by Gasteiger charge is 2.23. The van der Waals surface area contributed by atoms with Gasteiger partial charge in [-0.3, -0.25) is 0 Å². The first kappa shape index (κ1) is 20.2. The van der Waals surface area contributed by atoms with Crippen molar-refractivity contribution in [2.45, 2.75) is 26.3 Å². The van der Waals surface area contributed by atoms with Gasteiger partial charge in [0.1, 0.15) is 5.75 Å². The summed E-state index contributed by atoms with van der Waals surface area (Å²) in [5.74, 6) is 0.278. The summed E-state index contributed by atoms with van der Waals surface area (Å²) in [6.07, 6.45) is 5.05. The molecule has 32 heavy (non-hydrogen) atoms. The van der Waals surface area contributed by atoms with Crippen LogP contribution < -0.4 is 9.64 Å². The zero-order valence-corrected chi connectivity index (χ0v) is 17.8. The summed E-state index contributed by atoms with van der Waals surface area (Å²) < 4.78 is 36.5. The molecule has 0 atom stereocenters. The van der Waals surface area contributed by atoms with Gasteiger partial charge in [0.25, 0.3) is 0 Å². The van der Waals surface area contributed by atoms with E-state index in [9.17, 15) is 8.78 Å². The summed E-state index contributed by atoms with van der Waals surface area (Å²) in [6.45, 7) is 3.33. The molecule has 5 rings (SSSR count). The van der Waals surface area contributed by atoms with Crippen molar-refractivity contribution in [3.8, 4) is 11.4 Å². The Morgan fingerprint density at radius 2 is 1.94 bits per heavy atom. The standard InChI is InChI=1S/C23H22F2N6O/c1-15-13-29(14-26-15)20-7-4-16(10-21(20)32-2)11-22-27-23-30(8-3-9-31(23)28-22)17-5-6-18(24)19(25)12-17/h4-7,10,12-14H,3,8-9,11H2,1-2H3. The minimum atomic E-state index is -0.875. The third-order valence-corrected chi connectivity index (χ3v) is 5.50. The summed E-state index contributed by atoms with van der Waals surface area (Å²) in [6, 6.07) is 9.86. The maximum absolute atomic E-state index is 13.8. The number of hydrogen-bond donors (Lipinski definition) is 0. The van der Waals surface area contributed by atoms with Gasteiger partial charge < -0.3 is 14.2 Å². The van der Waals surface area contributed by atoms with Gasteiger partial charge in [0.05, 0.1) is 24.8 Å². The van der Waals surface area contributed by atoms with Crippen molar-refractivity contribution in [2.75, 3.05) is 18.6 Å². The van der Waals surface area contributed by atoms with Crippen molar-refractivity contribution in [1.29, 1.82) is 0 Å². The summed E-state index contributed by atoms with van der Waals surface area (Å²) >= 11 is 0. The lowest BCUT2D eigenvalue weighted by Gasteiger charge is -2.27. The van der Waals surface area contributed by atoms with Crippen LogP contribution in [-0.2, 0) is 13.0 Å². The molecule has 0 fully saturated rings.